The molecule has 0 saturated carbocycles. The van der Waals surface area contributed by atoms with Crippen molar-refractivity contribution in [2.45, 2.75) is 39.7 Å². The van der Waals surface area contributed by atoms with E-state index in [0.29, 0.717) is 0 Å². The topological polar surface area (TPSA) is 20.3 Å². The molecule has 2 heterocycles. The maximum atomic E-state index is 6.11. The lowest BCUT2D eigenvalue weighted by atomic mass is 9.81. The maximum absolute atomic E-state index is 6.11. The summed E-state index contributed by atoms with van der Waals surface area (Å²) in [5.74, 6) is 0.877. The van der Waals surface area contributed by atoms with Gasteiger partial charge in [0.2, 0.25) is 5.58 Å². The molecule has 156 valence electrons. The number of para-hydroxylation sites is 2. The van der Waals surface area contributed by atoms with Gasteiger partial charge < -0.3 is 9.32 Å². The van der Waals surface area contributed by atoms with Gasteiger partial charge in [-0.25, -0.2) is 0 Å². The number of hydrogen-bond acceptors (Lipinski definition) is 2. The molecule has 0 bridgehead atoms. The number of aromatic nitrogens is 1. The first-order chi connectivity index (χ1) is 15.1. The molecule has 3 nitrogen and oxygen atoms in total. The van der Waals surface area contributed by atoms with Gasteiger partial charge in [0.15, 0.2) is 0 Å². The van der Waals surface area contributed by atoms with Crippen molar-refractivity contribution in [3.05, 3.63) is 90.0 Å². The maximum Gasteiger partial charge on any atom is 0.374 e. The van der Waals surface area contributed by atoms with Crippen LogP contribution in [0, 0.1) is 0 Å². The van der Waals surface area contributed by atoms with Gasteiger partial charge in [0.05, 0.1) is 6.08 Å². The van der Waals surface area contributed by atoms with E-state index < -0.39 is 0 Å². The van der Waals surface area contributed by atoms with Gasteiger partial charge in [-0.15, -0.1) is 0 Å². The Morgan fingerprint density at radius 1 is 0.968 bits per heavy atom. The van der Waals surface area contributed by atoms with E-state index in [2.05, 4.69) is 104 Å². The molecule has 0 saturated heterocycles. The van der Waals surface area contributed by atoms with E-state index in [0.717, 1.165) is 30.1 Å². The van der Waals surface area contributed by atoms with Crippen LogP contribution in [-0.4, -0.2) is 6.54 Å². The fourth-order valence-corrected chi connectivity index (χ4v) is 5.10. The first kappa shape index (κ1) is 19.6. The van der Waals surface area contributed by atoms with Crippen LogP contribution in [0.2, 0.25) is 0 Å². The summed E-state index contributed by atoms with van der Waals surface area (Å²) in [5, 5.41) is 2.64. The molecule has 0 radical (unpaired) electrons. The lowest BCUT2D eigenvalue weighted by Crippen LogP contribution is -2.33. The molecule has 1 aliphatic heterocycles. The second-order valence-electron chi connectivity index (χ2n) is 8.61. The smallest absolute Gasteiger partial charge is 0.374 e. The van der Waals surface area contributed by atoms with Crippen LogP contribution in [0.5, 0.6) is 0 Å². The third-order valence-corrected chi connectivity index (χ3v) is 6.52. The van der Waals surface area contributed by atoms with Crippen molar-refractivity contribution in [2.75, 3.05) is 11.4 Å². The monoisotopic (exact) mass is 409 g/mol. The molecule has 1 aliphatic rings. The number of fused-ring (bicyclic) bond motifs is 4. The summed E-state index contributed by atoms with van der Waals surface area (Å²) < 4.78 is 8.32. The Morgan fingerprint density at radius 3 is 2.55 bits per heavy atom. The number of nitrogens with zero attached hydrogens (tertiary/aromatic N) is 2. The molecule has 5 rings (SSSR count). The quantitative estimate of drug-likeness (QED) is 0.354. The lowest BCUT2D eigenvalue weighted by Gasteiger charge is -2.26. The first-order valence-corrected chi connectivity index (χ1v) is 11.2. The van der Waals surface area contributed by atoms with Crippen LogP contribution in [0.4, 0.5) is 5.69 Å². The number of aryl methyl sites for hydroxylation is 1. The summed E-state index contributed by atoms with van der Waals surface area (Å²) in [7, 11) is 0. The first-order valence-electron chi connectivity index (χ1n) is 11.2. The minimum Gasteiger partial charge on any atom is -0.398 e. The third-order valence-electron chi connectivity index (χ3n) is 6.52. The number of likely N-dealkylation sites (N-methyl/N-ethyl adjacent to an activating group) is 1. The molecule has 0 fully saturated rings. The van der Waals surface area contributed by atoms with Gasteiger partial charge in [-0.3, -0.25) is 0 Å². The molecule has 4 aromatic rings. The predicted molar refractivity (Wildman–Crippen MR) is 129 cm³/mol. The Morgan fingerprint density at radius 2 is 1.74 bits per heavy atom. The van der Waals surface area contributed by atoms with Crippen LogP contribution in [0.3, 0.4) is 0 Å². The largest absolute Gasteiger partial charge is 0.398 e. The second-order valence-corrected chi connectivity index (χ2v) is 8.61. The minimum atomic E-state index is -0.0782. The zero-order valence-corrected chi connectivity index (χ0v) is 18.7. The third kappa shape index (κ3) is 2.99. The van der Waals surface area contributed by atoms with E-state index in [1.54, 1.807) is 0 Å². The van der Waals surface area contributed by atoms with Gasteiger partial charge >= 0.3 is 5.89 Å². The molecule has 1 aromatic heterocycles. The molecule has 0 aliphatic carbocycles. The highest BCUT2D eigenvalue weighted by Crippen LogP contribution is 2.50. The van der Waals surface area contributed by atoms with Crippen molar-refractivity contribution in [1.82, 2.24) is 0 Å². The molecule has 0 amide bonds. The van der Waals surface area contributed by atoms with Gasteiger partial charge in [0.1, 0.15) is 6.54 Å². The van der Waals surface area contributed by atoms with E-state index in [1.165, 1.54) is 27.7 Å². The molecule has 3 heteroatoms. The number of benzene rings is 3. The fourth-order valence-electron chi connectivity index (χ4n) is 5.10. The summed E-state index contributed by atoms with van der Waals surface area (Å²) in [6, 6.07) is 21.4. The number of oxazole rings is 1. The van der Waals surface area contributed by atoms with Crippen LogP contribution < -0.4 is 9.47 Å². The molecule has 0 atom stereocenters. The lowest BCUT2D eigenvalue weighted by molar-refractivity contribution is -0.674. The molecule has 3 aromatic carbocycles. The minimum absolute atomic E-state index is 0.0782. The Kier molecular flexibility index (Phi) is 4.70. The van der Waals surface area contributed by atoms with Crippen molar-refractivity contribution in [3.8, 4) is 0 Å². The predicted octanol–water partition coefficient (Wildman–Crippen LogP) is 6.61. The highest BCUT2D eigenvalue weighted by atomic mass is 16.3. The van der Waals surface area contributed by atoms with Crippen LogP contribution in [-0.2, 0) is 12.0 Å². The number of anilines is 1. The SMILES string of the molecule is CCN1/C(=C\C=C\c2oc3ccccc3[n+]2CC)C(C)(C)c2c1ccc1ccccc21. The zero-order valence-electron chi connectivity index (χ0n) is 18.7. The molecule has 0 N–H and O–H groups in total. The Bertz CT molecular complexity index is 1340. The molecule has 0 spiro atoms. The van der Waals surface area contributed by atoms with Crippen molar-refractivity contribution >= 4 is 33.6 Å². The molecular weight excluding hydrogens is 380 g/mol. The van der Waals surface area contributed by atoms with E-state index >= 15 is 0 Å². The van der Waals surface area contributed by atoms with Crippen LogP contribution in [0.1, 0.15) is 39.1 Å². The van der Waals surface area contributed by atoms with Crippen LogP contribution >= 0.6 is 0 Å². The normalized spacial score (nSPS) is 16.8. The van der Waals surface area contributed by atoms with Gasteiger partial charge in [-0.1, -0.05) is 62.4 Å². The second kappa shape index (κ2) is 7.42. The standard InChI is InChI=1S/C28H29N2O/c1-5-29-23-19-18-20-12-7-8-13-21(20)27(23)28(3,4)25(29)16-11-17-26-30(6-2)22-14-9-10-15-24(22)31-26/h7-19H,5-6H2,1-4H3/q+1. The Balaban J connectivity index is 1.59. The van der Waals surface area contributed by atoms with Crippen molar-refractivity contribution in [2.24, 2.45) is 0 Å². The van der Waals surface area contributed by atoms with Crippen LogP contribution in [0.15, 0.2) is 82.9 Å². The van der Waals surface area contributed by atoms with Gasteiger partial charge in [-0.2, -0.15) is 4.57 Å². The summed E-state index contributed by atoms with van der Waals surface area (Å²) in [6.07, 6.45) is 6.48. The highest BCUT2D eigenvalue weighted by Gasteiger charge is 2.40. The van der Waals surface area contributed by atoms with E-state index in [-0.39, 0.29) is 5.41 Å². The number of hydrogen-bond donors (Lipinski definition) is 0. The van der Waals surface area contributed by atoms with Crippen molar-refractivity contribution in [1.29, 1.82) is 0 Å². The highest BCUT2D eigenvalue weighted by molar-refractivity contribution is 5.94. The zero-order chi connectivity index (χ0) is 21.6. The Labute approximate surface area is 183 Å². The average Bonchev–Trinajstić information content (AvgIpc) is 3.25. The molecule has 31 heavy (non-hydrogen) atoms. The van der Waals surface area contributed by atoms with Gasteiger partial charge in [0.25, 0.3) is 5.52 Å². The summed E-state index contributed by atoms with van der Waals surface area (Å²) in [4.78, 5) is 2.44. The fraction of sp³-hybridized carbons (Fsp3) is 0.250. The van der Waals surface area contributed by atoms with E-state index in [4.69, 9.17) is 4.42 Å². The summed E-state index contributed by atoms with van der Waals surface area (Å²) in [5.41, 5.74) is 6.03. The summed E-state index contributed by atoms with van der Waals surface area (Å²) in [6.45, 7) is 10.9. The molecule has 0 unspecified atom stereocenters. The number of allylic oxidation sites excluding steroid dienone is 3. The average molecular weight is 410 g/mol. The van der Waals surface area contributed by atoms with Crippen molar-refractivity contribution < 1.29 is 8.98 Å². The van der Waals surface area contributed by atoms with Gasteiger partial charge in [-0.05, 0) is 48.4 Å². The Hall–Kier alpha value is -3.33. The van der Waals surface area contributed by atoms with Gasteiger partial charge in [0, 0.05) is 29.4 Å². The van der Waals surface area contributed by atoms with Crippen molar-refractivity contribution in [3.63, 3.8) is 0 Å². The van der Waals surface area contributed by atoms with Crippen LogP contribution in [0.25, 0.3) is 27.9 Å². The van der Waals surface area contributed by atoms with E-state index in [9.17, 15) is 0 Å². The summed E-state index contributed by atoms with van der Waals surface area (Å²) >= 11 is 0. The molecular formula is C28H29N2O+. The van der Waals surface area contributed by atoms with E-state index in [1.807, 2.05) is 12.1 Å². The number of rotatable bonds is 4.